The minimum Gasteiger partial charge on any atom is -0.351 e. The summed E-state index contributed by atoms with van der Waals surface area (Å²) in [6.07, 6.45) is 0.729. The molecule has 0 unspecified atom stereocenters. The molecule has 0 amide bonds. The Morgan fingerprint density at radius 1 is 1.30 bits per heavy atom. The molecule has 0 spiro atoms. The lowest BCUT2D eigenvalue weighted by molar-refractivity contribution is 0.112. The number of sulfonamides is 1. The Morgan fingerprint density at radius 3 is 2.70 bits per heavy atom. The Bertz CT molecular complexity index is 957. The van der Waals surface area contributed by atoms with Gasteiger partial charge >= 0.3 is 0 Å². The van der Waals surface area contributed by atoms with Gasteiger partial charge in [-0.1, -0.05) is 12.1 Å². The number of hydrogen-bond acceptors (Lipinski definition) is 4. The third-order valence-electron chi connectivity index (χ3n) is 3.73. The van der Waals surface area contributed by atoms with Crippen molar-refractivity contribution in [2.45, 2.75) is 18.1 Å². The number of rotatable bonds is 5. The quantitative estimate of drug-likeness (QED) is 0.717. The highest BCUT2D eigenvalue weighted by Crippen LogP contribution is 2.33. The van der Waals surface area contributed by atoms with Gasteiger partial charge in [-0.25, -0.2) is 8.42 Å². The second-order valence-electron chi connectivity index (χ2n) is 5.13. The number of thiophene rings is 1. The van der Waals surface area contributed by atoms with Gasteiger partial charge in [-0.2, -0.15) is 0 Å². The SMILES string of the molecule is CCN(c1ccc(C)c2cc(C=O)[nH]c12)S(=O)(=O)c1cccs1. The monoisotopic (exact) mass is 348 g/mol. The number of aldehydes is 1. The molecule has 0 bridgehead atoms. The van der Waals surface area contributed by atoms with Crippen molar-refractivity contribution in [3.05, 3.63) is 47.0 Å². The second kappa shape index (κ2) is 5.82. The van der Waals surface area contributed by atoms with Crippen LogP contribution in [0.5, 0.6) is 0 Å². The van der Waals surface area contributed by atoms with Crippen molar-refractivity contribution < 1.29 is 13.2 Å². The number of nitrogens with one attached hydrogen (secondary N) is 1. The number of hydrogen-bond donors (Lipinski definition) is 1. The van der Waals surface area contributed by atoms with Gasteiger partial charge in [0.2, 0.25) is 0 Å². The van der Waals surface area contributed by atoms with Gasteiger partial charge < -0.3 is 4.98 Å². The van der Waals surface area contributed by atoms with E-state index in [4.69, 9.17) is 0 Å². The third kappa shape index (κ3) is 2.55. The first-order valence-electron chi connectivity index (χ1n) is 7.12. The molecule has 2 heterocycles. The number of benzene rings is 1. The van der Waals surface area contributed by atoms with Crippen molar-refractivity contribution in [1.29, 1.82) is 0 Å². The number of aromatic amines is 1. The standard InChI is InChI=1S/C16H16N2O3S2/c1-3-18(23(20,21)15-5-4-8-22-15)14-7-6-11(2)13-9-12(10-19)17-16(13)14/h4-10,17H,3H2,1-2H3. The molecule has 0 fully saturated rings. The van der Waals surface area contributed by atoms with Crippen LogP contribution in [0.25, 0.3) is 10.9 Å². The molecule has 2 aromatic heterocycles. The number of aromatic nitrogens is 1. The summed E-state index contributed by atoms with van der Waals surface area (Å²) in [6.45, 7) is 4.02. The molecular weight excluding hydrogens is 332 g/mol. The minimum absolute atomic E-state index is 0.299. The van der Waals surface area contributed by atoms with E-state index in [9.17, 15) is 13.2 Å². The van der Waals surface area contributed by atoms with Crippen LogP contribution < -0.4 is 4.31 Å². The van der Waals surface area contributed by atoms with E-state index in [0.717, 1.165) is 17.2 Å². The molecule has 1 N–H and O–H groups in total. The maximum Gasteiger partial charge on any atom is 0.273 e. The number of carbonyl (C=O) groups excluding carboxylic acids is 1. The largest absolute Gasteiger partial charge is 0.351 e. The summed E-state index contributed by atoms with van der Waals surface area (Å²) in [7, 11) is -3.62. The highest BCUT2D eigenvalue weighted by molar-refractivity contribution is 7.94. The fourth-order valence-corrected chi connectivity index (χ4v) is 5.22. The summed E-state index contributed by atoms with van der Waals surface area (Å²) < 4.78 is 27.4. The van der Waals surface area contributed by atoms with E-state index >= 15 is 0 Å². The number of aryl methyl sites for hydroxylation is 1. The van der Waals surface area contributed by atoms with Crippen molar-refractivity contribution in [1.82, 2.24) is 4.98 Å². The highest BCUT2D eigenvalue weighted by Gasteiger charge is 2.26. The lowest BCUT2D eigenvalue weighted by atomic mass is 10.1. The number of fused-ring (bicyclic) bond motifs is 1. The molecule has 3 aromatic rings. The van der Waals surface area contributed by atoms with E-state index < -0.39 is 10.0 Å². The van der Waals surface area contributed by atoms with Crippen LogP contribution in [0.2, 0.25) is 0 Å². The Balaban J connectivity index is 2.23. The van der Waals surface area contributed by atoms with E-state index in [0.29, 0.717) is 27.7 Å². The number of nitrogens with zero attached hydrogens (tertiary/aromatic N) is 1. The Labute approximate surface area is 138 Å². The molecular formula is C16H16N2O3S2. The van der Waals surface area contributed by atoms with Crippen molar-refractivity contribution in [2.75, 3.05) is 10.8 Å². The Kier molecular flexibility index (Phi) is 3.99. The van der Waals surface area contributed by atoms with Crippen LogP contribution in [-0.4, -0.2) is 26.2 Å². The maximum atomic E-state index is 12.9. The average Bonchev–Trinajstić information content (AvgIpc) is 3.19. The molecule has 1 aromatic carbocycles. The maximum absolute atomic E-state index is 12.9. The van der Waals surface area contributed by atoms with Gasteiger partial charge in [0.05, 0.1) is 16.9 Å². The third-order valence-corrected chi connectivity index (χ3v) is 6.99. The first-order chi connectivity index (χ1) is 11.0. The summed E-state index contributed by atoms with van der Waals surface area (Å²) in [5.74, 6) is 0. The van der Waals surface area contributed by atoms with Gasteiger partial charge in [0.25, 0.3) is 10.0 Å². The van der Waals surface area contributed by atoms with Gasteiger partial charge in [0.15, 0.2) is 6.29 Å². The van der Waals surface area contributed by atoms with Crippen molar-refractivity contribution in [3.8, 4) is 0 Å². The molecule has 0 aliphatic heterocycles. The Hall–Kier alpha value is -2.12. The molecule has 3 rings (SSSR count). The zero-order valence-corrected chi connectivity index (χ0v) is 14.4. The smallest absolute Gasteiger partial charge is 0.273 e. The van der Waals surface area contributed by atoms with Crippen LogP contribution in [0.3, 0.4) is 0 Å². The summed E-state index contributed by atoms with van der Waals surface area (Å²) in [4.78, 5) is 14.1. The lowest BCUT2D eigenvalue weighted by Crippen LogP contribution is -2.30. The molecule has 5 nitrogen and oxygen atoms in total. The van der Waals surface area contributed by atoms with Crippen LogP contribution in [0.1, 0.15) is 23.0 Å². The zero-order chi connectivity index (χ0) is 16.6. The predicted octanol–water partition coefficient (Wildman–Crippen LogP) is 3.57. The van der Waals surface area contributed by atoms with Crippen molar-refractivity contribution in [3.63, 3.8) is 0 Å². The van der Waals surface area contributed by atoms with E-state index in [1.807, 2.05) is 13.0 Å². The van der Waals surface area contributed by atoms with E-state index in [-0.39, 0.29) is 0 Å². The first kappa shape index (κ1) is 15.8. The number of H-pyrrole nitrogens is 1. The van der Waals surface area contributed by atoms with E-state index in [1.54, 1.807) is 36.6 Å². The topological polar surface area (TPSA) is 70.2 Å². The van der Waals surface area contributed by atoms with Gasteiger partial charge in [0, 0.05) is 11.9 Å². The normalized spacial score (nSPS) is 11.7. The Morgan fingerprint density at radius 2 is 2.09 bits per heavy atom. The van der Waals surface area contributed by atoms with Crippen LogP contribution in [-0.2, 0) is 10.0 Å². The average molecular weight is 348 g/mol. The molecule has 0 radical (unpaired) electrons. The highest BCUT2D eigenvalue weighted by atomic mass is 32.2. The summed E-state index contributed by atoms with van der Waals surface area (Å²) in [5.41, 5.74) is 2.63. The second-order valence-corrected chi connectivity index (χ2v) is 8.17. The fourth-order valence-electron chi connectivity index (χ4n) is 2.63. The summed E-state index contributed by atoms with van der Waals surface area (Å²) in [6, 6.07) is 8.70. The van der Waals surface area contributed by atoms with Crippen LogP contribution in [0.15, 0.2) is 39.9 Å². The molecule has 120 valence electrons. The van der Waals surface area contributed by atoms with Crippen LogP contribution in [0, 0.1) is 6.92 Å². The first-order valence-corrected chi connectivity index (χ1v) is 9.44. The molecule has 7 heteroatoms. The molecule has 0 atom stereocenters. The van der Waals surface area contributed by atoms with Gasteiger partial charge in [-0.05, 0) is 43.0 Å². The lowest BCUT2D eigenvalue weighted by Gasteiger charge is -2.23. The van der Waals surface area contributed by atoms with Gasteiger partial charge in [-0.15, -0.1) is 11.3 Å². The van der Waals surface area contributed by atoms with Crippen LogP contribution in [0.4, 0.5) is 5.69 Å². The summed E-state index contributed by atoms with van der Waals surface area (Å²) in [5, 5.41) is 2.59. The van der Waals surface area contributed by atoms with Crippen molar-refractivity contribution in [2.24, 2.45) is 0 Å². The predicted molar refractivity (Wildman–Crippen MR) is 92.9 cm³/mol. The molecule has 0 aliphatic carbocycles. The van der Waals surface area contributed by atoms with E-state index in [2.05, 4.69) is 4.98 Å². The van der Waals surface area contributed by atoms with Gasteiger partial charge in [-0.3, -0.25) is 9.10 Å². The minimum atomic E-state index is -3.62. The van der Waals surface area contributed by atoms with Crippen molar-refractivity contribution >= 4 is 44.2 Å². The fraction of sp³-hybridized carbons (Fsp3) is 0.188. The summed E-state index contributed by atoms with van der Waals surface area (Å²) >= 11 is 1.19. The van der Waals surface area contributed by atoms with Gasteiger partial charge in [0.1, 0.15) is 4.21 Å². The molecule has 0 saturated heterocycles. The molecule has 0 aliphatic rings. The number of anilines is 1. The van der Waals surface area contributed by atoms with Crippen LogP contribution >= 0.6 is 11.3 Å². The zero-order valence-electron chi connectivity index (χ0n) is 12.7. The number of carbonyl (C=O) groups is 1. The molecule has 0 saturated carbocycles. The van der Waals surface area contributed by atoms with E-state index in [1.165, 1.54) is 15.6 Å². The molecule has 23 heavy (non-hydrogen) atoms.